The summed E-state index contributed by atoms with van der Waals surface area (Å²) < 4.78 is 59.2. The highest BCUT2D eigenvalue weighted by Gasteiger charge is 2.50. The molecule has 1 aliphatic heterocycles. The maximum atomic E-state index is 12.0. The van der Waals surface area contributed by atoms with Crippen molar-refractivity contribution < 1.29 is 61.0 Å². The first-order valence-electron chi connectivity index (χ1n) is 8.89. The minimum atomic E-state index is -5.22. The van der Waals surface area contributed by atoms with Gasteiger partial charge in [0.05, 0.1) is 19.5 Å². The quantitative estimate of drug-likeness (QED) is 0.208. The van der Waals surface area contributed by atoms with Gasteiger partial charge in [-0.2, -0.15) is 4.31 Å². The van der Waals surface area contributed by atoms with Crippen molar-refractivity contribution in [2.75, 3.05) is 18.9 Å². The van der Waals surface area contributed by atoms with Gasteiger partial charge in [0.1, 0.15) is 30.2 Å². The maximum absolute atomic E-state index is 12.0. The number of phosphoric ester groups is 3. The molecule has 7 N–H and O–H groups in total. The summed E-state index contributed by atoms with van der Waals surface area (Å²) in [5.41, 5.74) is 5.94. The van der Waals surface area contributed by atoms with Crippen LogP contribution in [0.25, 0.3) is 11.2 Å². The molecular weight excluding hydrogens is 515 g/mol. The van der Waals surface area contributed by atoms with E-state index in [1.54, 1.807) is 0 Å². The molecule has 186 valence electrons. The summed E-state index contributed by atoms with van der Waals surface area (Å²) in [4.78, 5) is 49.1. The second-order valence-electron chi connectivity index (χ2n) is 6.43. The van der Waals surface area contributed by atoms with Gasteiger partial charge in [0.2, 0.25) is 0 Å². The molecule has 1 fully saturated rings. The van der Waals surface area contributed by atoms with Gasteiger partial charge in [-0.3, -0.25) is 18.1 Å². The molecule has 1 saturated heterocycles. The van der Waals surface area contributed by atoms with Gasteiger partial charge in [0.25, 0.3) is 0 Å². The number of nitrogens with zero attached hydrogens (tertiary/aromatic N) is 4. The summed E-state index contributed by atoms with van der Waals surface area (Å²) in [6.45, 7) is 0.0338. The van der Waals surface area contributed by atoms with Crippen molar-refractivity contribution in [2.24, 2.45) is 0 Å². The van der Waals surface area contributed by atoms with E-state index < -0.39 is 54.6 Å². The van der Waals surface area contributed by atoms with Crippen LogP contribution in [0.4, 0.5) is 5.82 Å². The van der Waals surface area contributed by atoms with Crippen molar-refractivity contribution >= 4 is 40.4 Å². The minimum Gasteiger partial charge on any atom is -0.386 e. The zero-order valence-corrected chi connectivity index (χ0v) is 19.3. The van der Waals surface area contributed by atoms with Crippen LogP contribution in [0.15, 0.2) is 12.7 Å². The fourth-order valence-electron chi connectivity index (χ4n) is 2.94. The number of nitrogens with two attached hydrogens (primary N) is 1. The highest BCUT2D eigenvalue weighted by atomic mass is 31.3. The minimum absolute atomic E-state index is 0.00948. The van der Waals surface area contributed by atoms with E-state index in [0.29, 0.717) is 0 Å². The van der Waals surface area contributed by atoms with Crippen LogP contribution >= 0.6 is 23.5 Å². The van der Waals surface area contributed by atoms with E-state index in [9.17, 15) is 38.4 Å². The number of ether oxygens (including phenoxy) is 1. The number of anilines is 1. The number of hydrogen-bond acceptors (Lipinski definition) is 13. The number of aromatic nitrogens is 4. The molecule has 2 aromatic rings. The average Bonchev–Trinajstić information content (AvgIpc) is 3.21. The zero-order valence-electron chi connectivity index (χ0n) is 16.6. The van der Waals surface area contributed by atoms with Crippen molar-refractivity contribution in [1.29, 1.82) is 0 Å². The fourth-order valence-corrected chi connectivity index (χ4v) is 5.60. The largest absolute Gasteiger partial charge is 0.481 e. The van der Waals surface area contributed by atoms with Crippen LogP contribution in [0.5, 0.6) is 0 Å². The number of nitrogen functional groups attached to an aromatic ring is 1. The van der Waals surface area contributed by atoms with Gasteiger partial charge in [0.15, 0.2) is 17.7 Å². The highest BCUT2D eigenvalue weighted by Crippen LogP contribution is 2.60. The first-order chi connectivity index (χ1) is 15.2. The number of aliphatic hydroxyl groups excluding tert-OH is 1. The summed E-state index contributed by atoms with van der Waals surface area (Å²) in [5, 5.41) is 10.6. The molecule has 6 unspecified atom stereocenters. The van der Waals surface area contributed by atoms with E-state index in [4.69, 9.17) is 10.5 Å². The lowest BCUT2D eigenvalue weighted by atomic mass is 10.1. The van der Waals surface area contributed by atoms with E-state index >= 15 is 0 Å². The molecule has 0 saturated carbocycles. The summed E-state index contributed by atoms with van der Waals surface area (Å²) in [5.74, 6) is 0.00948. The summed E-state index contributed by atoms with van der Waals surface area (Å²) in [7, 11) is -15.4. The molecule has 0 aromatic carbocycles. The molecule has 21 heteroatoms. The third kappa shape index (κ3) is 6.41. The lowest BCUT2D eigenvalue weighted by Crippen LogP contribution is -2.35. The van der Waals surface area contributed by atoms with Crippen LogP contribution in [0, 0.1) is 0 Å². The van der Waals surface area contributed by atoms with Gasteiger partial charge >= 0.3 is 23.5 Å². The number of phosphoric acid groups is 3. The van der Waals surface area contributed by atoms with Crippen molar-refractivity contribution in [1.82, 2.24) is 19.5 Å². The second-order valence-corrected chi connectivity index (χ2v) is 10.7. The summed E-state index contributed by atoms with van der Waals surface area (Å²) >= 11 is 0. The highest BCUT2D eigenvalue weighted by molar-refractivity contribution is 7.61. The third-order valence-electron chi connectivity index (χ3n) is 4.13. The summed E-state index contributed by atoms with van der Waals surface area (Å²) in [6, 6.07) is 0. The standard InChI is InChI=1S/C12H20N5O13P3/c1-2-26-32(22,23)30-33(24,25)27-3-6-9(29-31(19,20)21)8(18)12(28-6)17-5-16-7-10(13)14-4-15-11(7)17/h4-6,8-9,12,18H,2-3H2,1H3,(H,22,23)(H,24,25)(H2,13,14,15)(H2,19,20,21). The second kappa shape index (κ2) is 9.71. The fraction of sp³-hybridized carbons (Fsp3) is 0.583. The Balaban J connectivity index is 1.83. The molecule has 3 rings (SSSR count). The van der Waals surface area contributed by atoms with Crippen LogP contribution in [-0.4, -0.2) is 75.7 Å². The van der Waals surface area contributed by atoms with E-state index in [1.807, 2.05) is 0 Å². The third-order valence-corrected chi connectivity index (χ3v) is 7.36. The molecule has 6 atom stereocenters. The maximum Gasteiger partial charge on any atom is 0.481 e. The van der Waals surface area contributed by atoms with Gasteiger partial charge in [-0.05, 0) is 6.92 Å². The van der Waals surface area contributed by atoms with E-state index in [1.165, 1.54) is 11.5 Å². The Kier molecular flexibility index (Phi) is 7.73. The Morgan fingerprint density at radius 1 is 1.12 bits per heavy atom. The van der Waals surface area contributed by atoms with Gasteiger partial charge in [0, 0.05) is 0 Å². The Morgan fingerprint density at radius 2 is 1.79 bits per heavy atom. The predicted molar refractivity (Wildman–Crippen MR) is 105 cm³/mol. The lowest BCUT2D eigenvalue weighted by Gasteiger charge is -2.22. The van der Waals surface area contributed by atoms with Gasteiger partial charge in [-0.25, -0.2) is 28.6 Å². The van der Waals surface area contributed by atoms with Gasteiger partial charge < -0.3 is 35.2 Å². The molecule has 0 radical (unpaired) electrons. The number of fused-ring (bicyclic) bond motifs is 1. The van der Waals surface area contributed by atoms with Crippen LogP contribution in [-0.2, 0) is 36.3 Å². The Hall–Kier alpha value is -1.36. The average molecular weight is 535 g/mol. The van der Waals surface area contributed by atoms with Crippen LogP contribution in [0.2, 0.25) is 0 Å². The molecule has 1 aliphatic rings. The Bertz CT molecular complexity index is 1140. The molecule has 3 heterocycles. The smallest absolute Gasteiger partial charge is 0.386 e. The van der Waals surface area contributed by atoms with E-state index in [0.717, 1.165) is 12.7 Å². The molecule has 0 aliphatic carbocycles. The Labute approximate surface area is 184 Å². The normalized spacial score (nSPS) is 27.5. The van der Waals surface area contributed by atoms with Crippen LogP contribution in [0.1, 0.15) is 13.2 Å². The monoisotopic (exact) mass is 535 g/mol. The Morgan fingerprint density at radius 3 is 2.42 bits per heavy atom. The number of aliphatic hydroxyl groups is 1. The van der Waals surface area contributed by atoms with Crippen molar-refractivity contribution in [3.63, 3.8) is 0 Å². The van der Waals surface area contributed by atoms with E-state index in [2.05, 4.69) is 32.8 Å². The first-order valence-corrected chi connectivity index (χ1v) is 13.4. The first kappa shape index (κ1) is 26.2. The predicted octanol–water partition coefficient (Wildman–Crippen LogP) is -0.585. The van der Waals surface area contributed by atoms with Crippen LogP contribution in [0.3, 0.4) is 0 Å². The number of hydrogen-bond donors (Lipinski definition) is 6. The van der Waals surface area contributed by atoms with Gasteiger partial charge in [-0.1, -0.05) is 0 Å². The molecule has 0 amide bonds. The number of imidazole rings is 1. The zero-order chi connectivity index (χ0) is 24.6. The van der Waals surface area contributed by atoms with Gasteiger partial charge in [-0.15, -0.1) is 0 Å². The molecule has 2 aromatic heterocycles. The van der Waals surface area contributed by atoms with Crippen LogP contribution < -0.4 is 5.73 Å². The van der Waals surface area contributed by atoms with Crippen molar-refractivity contribution in [3.05, 3.63) is 12.7 Å². The summed E-state index contributed by atoms with van der Waals surface area (Å²) in [6.07, 6.45) is -4.30. The molecule has 0 bridgehead atoms. The number of rotatable bonds is 10. The topological polar surface area (TPSA) is 268 Å². The lowest BCUT2D eigenvalue weighted by molar-refractivity contribution is -0.0502. The van der Waals surface area contributed by atoms with Crippen molar-refractivity contribution in [3.8, 4) is 0 Å². The molecule has 33 heavy (non-hydrogen) atoms. The van der Waals surface area contributed by atoms with Crippen molar-refractivity contribution in [2.45, 2.75) is 31.5 Å². The molecular formula is C12H20N5O13P3. The van der Waals surface area contributed by atoms with E-state index in [-0.39, 0.29) is 23.6 Å². The molecule has 0 spiro atoms. The molecule has 18 nitrogen and oxygen atoms in total. The SMILES string of the molecule is CCOP(=O)(O)OP(=O)(O)OCC1OC(n2cnc3c(N)ncnc32)C(O)C1OP(=O)(O)O.